The molecule has 2 nitrogen and oxygen atoms in total. The zero-order valence-electron chi connectivity index (χ0n) is 10.9. The van der Waals surface area contributed by atoms with Gasteiger partial charge in [-0.15, -0.1) is 0 Å². The Balaban J connectivity index is 2.76. The van der Waals surface area contributed by atoms with E-state index in [4.69, 9.17) is 10.5 Å². The molecule has 96 valence electrons. The minimum atomic E-state index is -0.322. The number of rotatable bonds is 6. The average molecular weight is 239 g/mol. The molecule has 1 aromatic carbocycles. The van der Waals surface area contributed by atoms with E-state index in [1.165, 1.54) is 6.07 Å². The van der Waals surface area contributed by atoms with E-state index in [0.717, 1.165) is 24.8 Å². The zero-order valence-corrected chi connectivity index (χ0v) is 10.9. The van der Waals surface area contributed by atoms with Crippen molar-refractivity contribution in [2.24, 2.45) is 5.73 Å². The fourth-order valence-corrected chi connectivity index (χ4v) is 1.86. The van der Waals surface area contributed by atoms with Crippen LogP contribution in [0.15, 0.2) is 18.2 Å². The van der Waals surface area contributed by atoms with Crippen molar-refractivity contribution in [3.8, 4) is 5.75 Å². The molecule has 17 heavy (non-hydrogen) atoms. The predicted octanol–water partition coefficient (Wildman–Crippen LogP) is 3.42. The van der Waals surface area contributed by atoms with Crippen LogP contribution in [0.4, 0.5) is 4.39 Å². The lowest BCUT2D eigenvalue weighted by molar-refractivity contribution is 0.154. The number of ether oxygens (including phenoxy) is 1. The lowest BCUT2D eigenvalue weighted by atomic mass is 10.0. The Hall–Kier alpha value is -1.09. The first-order valence-corrected chi connectivity index (χ1v) is 6.26. The molecule has 0 aromatic heterocycles. The van der Waals surface area contributed by atoms with Crippen molar-refractivity contribution in [1.82, 2.24) is 0 Å². The fourth-order valence-electron chi connectivity index (χ4n) is 1.86. The van der Waals surface area contributed by atoms with E-state index in [0.29, 0.717) is 5.75 Å². The molecule has 2 N–H and O–H groups in total. The van der Waals surface area contributed by atoms with Crippen molar-refractivity contribution in [1.29, 1.82) is 0 Å². The number of aryl methyl sites for hydroxylation is 1. The minimum absolute atomic E-state index is 0.0371. The lowest BCUT2D eigenvalue weighted by Gasteiger charge is -2.24. The van der Waals surface area contributed by atoms with Gasteiger partial charge in [-0.3, -0.25) is 0 Å². The van der Waals surface area contributed by atoms with Gasteiger partial charge in [-0.2, -0.15) is 0 Å². The van der Waals surface area contributed by atoms with Crippen LogP contribution in [0.2, 0.25) is 0 Å². The Morgan fingerprint density at radius 1 is 1.35 bits per heavy atom. The lowest BCUT2D eigenvalue weighted by Crippen LogP contribution is -2.38. The number of hydrogen-bond donors (Lipinski definition) is 1. The molecule has 3 heteroatoms. The van der Waals surface area contributed by atoms with E-state index >= 15 is 0 Å². The second kappa shape index (κ2) is 6.60. The van der Waals surface area contributed by atoms with E-state index < -0.39 is 0 Å². The summed E-state index contributed by atoms with van der Waals surface area (Å²) in [5.74, 6) is -0.0128. The largest absolute Gasteiger partial charge is 0.486 e. The molecule has 0 heterocycles. The highest BCUT2D eigenvalue weighted by atomic mass is 19.1. The van der Waals surface area contributed by atoms with Crippen LogP contribution >= 0.6 is 0 Å². The summed E-state index contributed by atoms with van der Waals surface area (Å²) in [6, 6.07) is 4.85. The first-order valence-electron chi connectivity index (χ1n) is 6.26. The highest BCUT2D eigenvalue weighted by Gasteiger charge is 2.18. The summed E-state index contributed by atoms with van der Waals surface area (Å²) in [7, 11) is 0. The number of nitrogens with two attached hydrogens (primary N) is 1. The fraction of sp³-hybridized carbons (Fsp3) is 0.571. The summed E-state index contributed by atoms with van der Waals surface area (Å²) < 4.78 is 19.2. The summed E-state index contributed by atoms with van der Waals surface area (Å²) in [4.78, 5) is 0. The second-order valence-corrected chi connectivity index (χ2v) is 4.45. The van der Waals surface area contributed by atoms with Gasteiger partial charge in [-0.05, 0) is 37.5 Å². The molecule has 0 saturated heterocycles. The maximum absolute atomic E-state index is 13.5. The second-order valence-electron chi connectivity index (χ2n) is 4.45. The quantitative estimate of drug-likeness (QED) is 0.825. The van der Waals surface area contributed by atoms with Gasteiger partial charge in [0.2, 0.25) is 0 Å². The van der Waals surface area contributed by atoms with Crippen molar-refractivity contribution in [3.05, 3.63) is 29.6 Å². The summed E-state index contributed by atoms with van der Waals surface area (Å²) in [5, 5.41) is 0. The molecule has 0 aliphatic carbocycles. The summed E-state index contributed by atoms with van der Waals surface area (Å²) in [6.45, 7) is 6.01. The molecule has 0 saturated carbocycles. The molecule has 2 unspecified atom stereocenters. The molecule has 2 atom stereocenters. The molecular formula is C14H22FNO. The van der Waals surface area contributed by atoms with Crippen LogP contribution in [0.3, 0.4) is 0 Å². The number of benzene rings is 1. The van der Waals surface area contributed by atoms with Crippen LogP contribution in [-0.4, -0.2) is 12.1 Å². The predicted molar refractivity (Wildman–Crippen MR) is 68.7 cm³/mol. The van der Waals surface area contributed by atoms with Crippen molar-refractivity contribution < 1.29 is 9.13 Å². The normalized spacial score (nSPS) is 14.4. The van der Waals surface area contributed by atoms with Gasteiger partial charge in [0.15, 0.2) is 11.6 Å². The molecule has 1 rings (SSSR count). The topological polar surface area (TPSA) is 35.2 Å². The van der Waals surface area contributed by atoms with Crippen LogP contribution < -0.4 is 10.5 Å². The van der Waals surface area contributed by atoms with Gasteiger partial charge in [0.25, 0.3) is 0 Å². The highest BCUT2D eigenvalue weighted by Crippen LogP contribution is 2.21. The van der Waals surface area contributed by atoms with Gasteiger partial charge in [-0.25, -0.2) is 4.39 Å². The Bertz CT molecular complexity index is 354. The molecule has 0 amide bonds. The third-order valence-corrected chi connectivity index (χ3v) is 2.87. The van der Waals surface area contributed by atoms with Gasteiger partial charge >= 0.3 is 0 Å². The summed E-state index contributed by atoms with van der Waals surface area (Å²) in [6.07, 6.45) is 2.57. The van der Waals surface area contributed by atoms with Gasteiger partial charge in [-0.1, -0.05) is 26.3 Å². The maximum atomic E-state index is 13.5. The molecule has 0 radical (unpaired) electrons. The zero-order chi connectivity index (χ0) is 12.8. The highest BCUT2D eigenvalue weighted by molar-refractivity contribution is 5.29. The molecule has 0 aliphatic heterocycles. The first kappa shape index (κ1) is 14.0. The molecule has 0 bridgehead atoms. The monoisotopic (exact) mass is 239 g/mol. The Labute approximate surface area is 103 Å². The van der Waals surface area contributed by atoms with E-state index in [1.54, 1.807) is 12.1 Å². The third-order valence-electron chi connectivity index (χ3n) is 2.87. The van der Waals surface area contributed by atoms with Crippen LogP contribution in [0, 0.1) is 12.7 Å². The van der Waals surface area contributed by atoms with Gasteiger partial charge in [0, 0.05) is 6.04 Å². The van der Waals surface area contributed by atoms with Gasteiger partial charge in [0.05, 0.1) is 0 Å². The standard InChI is InChI=1S/C14H22FNO/c1-4-6-12(16)13(5-2)17-14-9-10(3)7-8-11(14)15/h7-9,12-13H,4-6,16H2,1-3H3. The van der Waals surface area contributed by atoms with Crippen LogP contribution in [0.5, 0.6) is 5.75 Å². The molecule has 0 spiro atoms. The van der Waals surface area contributed by atoms with Crippen LogP contribution in [-0.2, 0) is 0 Å². The molecule has 0 fully saturated rings. The van der Waals surface area contributed by atoms with Gasteiger partial charge < -0.3 is 10.5 Å². The Kier molecular flexibility index (Phi) is 5.42. The smallest absolute Gasteiger partial charge is 0.165 e. The van der Waals surface area contributed by atoms with E-state index in [1.807, 2.05) is 13.8 Å². The number of halogens is 1. The van der Waals surface area contributed by atoms with E-state index in [-0.39, 0.29) is 18.0 Å². The number of hydrogen-bond acceptors (Lipinski definition) is 2. The molecule has 1 aromatic rings. The maximum Gasteiger partial charge on any atom is 0.165 e. The van der Waals surface area contributed by atoms with Crippen molar-refractivity contribution in [2.75, 3.05) is 0 Å². The summed E-state index contributed by atoms with van der Waals surface area (Å²) >= 11 is 0. The van der Waals surface area contributed by atoms with Gasteiger partial charge in [0.1, 0.15) is 6.10 Å². The Morgan fingerprint density at radius 3 is 2.65 bits per heavy atom. The van der Waals surface area contributed by atoms with E-state index in [9.17, 15) is 4.39 Å². The first-order chi connectivity index (χ1) is 8.08. The third kappa shape index (κ3) is 4.00. The Morgan fingerprint density at radius 2 is 2.06 bits per heavy atom. The van der Waals surface area contributed by atoms with Crippen molar-refractivity contribution in [3.63, 3.8) is 0 Å². The molecular weight excluding hydrogens is 217 g/mol. The van der Waals surface area contributed by atoms with Crippen LogP contribution in [0.1, 0.15) is 38.7 Å². The average Bonchev–Trinajstić information content (AvgIpc) is 2.30. The van der Waals surface area contributed by atoms with Crippen LogP contribution in [0.25, 0.3) is 0 Å². The summed E-state index contributed by atoms with van der Waals surface area (Å²) in [5.41, 5.74) is 7.01. The SMILES string of the molecule is CCCC(N)C(CC)Oc1cc(C)ccc1F. The molecule has 0 aliphatic rings. The minimum Gasteiger partial charge on any atom is -0.486 e. The van der Waals surface area contributed by atoms with E-state index in [2.05, 4.69) is 6.92 Å². The van der Waals surface area contributed by atoms with Crippen molar-refractivity contribution in [2.45, 2.75) is 52.2 Å². The van der Waals surface area contributed by atoms with Crippen molar-refractivity contribution >= 4 is 0 Å².